The molecule has 0 bridgehead atoms. The normalized spacial score (nSPS) is 12.3. The van der Waals surface area contributed by atoms with Gasteiger partial charge in [-0.1, -0.05) is 26.0 Å². The van der Waals surface area contributed by atoms with Gasteiger partial charge in [0.2, 0.25) is 0 Å². The Balaban J connectivity index is 2.85. The van der Waals surface area contributed by atoms with Crippen molar-refractivity contribution in [3.63, 3.8) is 0 Å². The van der Waals surface area contributed by atoms with E-state index in [4.69, 9.17) is 16.3 Å². The molecule has 0 aliphatic carbocycles. The van der Waals surface area contributed by atoms with Crippen molar-refractivity contribution in [1.29, 1.82) is 0 Å². The van der Waals surface area contributed by atoms with Gasteiger partial charge in [-0.3, -0.25) is 4.79 Å². The zero-order chi connectivity index (χ0) is 14.4. The van der Waals surface area contributed by atoms with Crippen LogP contribution in [0.15, 0.2) is 18.2 Å². The molecule has 106 valence electrons. The molecule has 1 aromatic rings. The number of carbonyl (C=O) groups excluding carboxylic acids is 1. The van der Waals surface area contributed by atoms with Crippen LogP contribution in [0, 0.1) is 0 Å². The largest absolute Gasteiger partial charge is 0.496 e. The van der Waals surface area contributed by atoms with Gasteiger partial charge in [0.25, 0.3) is 0 Å². The predicted molar refractivity (Wildman–Crippen MR) is 77.1 cm³/mol. The summed E-state index contributed by atoms with van der Waals surface area (Å²) < 4.78 is 9.96. The molecule has 3 nitrogen and oxygen atoms in total. The Morgan fingerprint density at radius 3 is 2.53 bits per heavy atom. The lowest BCUT2D eigenvalue weighted by Gasteiger charge is -2.15. The maximum atomic E-state index is 11.2. The molecule has 19 heavy (non-hydrogen) atoms. The van der Waals surface area contributed by atoms with E-state index < -0.39 is 0 Å². The standard InChI is InChI=1S/C15H21ClO3/c1-10(2)11-5-6-14(18-3)12(7-11)8-13(16)9-15(17)19-4/h5-7,10,13H,8-9H2,1-4H3. The fourth-order valence-electron chi connectivity index (χ4n) is 1.89. The van der Waals surface area contributed by atoms with Crippen molar-refractivity contribution in [1.82, 2.24) is 0 Å². The number of halogens is 1. The first-order chi connectivity index (χ1) is 8.97. The molecule has 0 aliphatic heterocycles. The summed E-state index contributed by atoms with van der Waals surface area (Å²) in [5, 5.41) is -0.288. The van der Waals surface area contributed by atoms with E-state index in [1.807, 2.05) is 6.07 Å². The maximum absolute atomic E-state index is 11.2. The molecule has 0 amide bonds. The molecular weight excluding hydrogens is 264 g/mol. The first kappa shape index (κ1) is 15.8. The summed E-state index contributed by atoms with van der Waals surface area (Å²) in [6, 6.07) is 6.10. The minimum atomic E-state index is -0.293. The van der Waals surface area contributed by atoms with Crippen molar-refractivity contribution in [3.8, 4) is 5.75 Å². The molecule has 0 radical (unpaired) electrons. The average molecular weight is 285 g/mol. The first-order valence-corrected chi connectivity index (χ1v) is 6.79. The first-order valence-electron chi connectivity index (χ1n) is 6.35. The Kier molecular flexibility index (Phi) is 6.16. The lowest BCUT2D eigenvalue weighted by Crippen LogP contribution is -2.13. The van der Waals surface area contributed by atoms with Crippen LogP contribution in [0.4, 0.5) is 0 Å². The molecule has 1 aromatic carbocycles. The second-order valence-electron chi connectivity index (χ2n) is 4.81. The third-order valence-electron chi connectivity index (χ3n) is 3.03. The second-order valence-corrected chi connectivity index (χ2v) is 5.42. The van der Waals surface area contributed by atoms with Crippen molar-refractivity contribution in [2.24, 2.45) is 0 Å². The summed E-state index contributed by atoms with van der Waals surface area (Å²) in [5.41, 5.74) is 2.26. The summed E-state index contributed by atoms with van der Waals surface area (Å²) >= 11 is 6.19. The van der Waals surface area contributed by atoms with Crippen LogP contribution in [0.1, 0.15) is 37.3 Å². The Hall–Kier alpha value is -1.22. The van der Waals surface area contributed by atoms with Gasteiger partial charge in [-0.05, 0) is 29.5 Å². The topological polar surface area (TPSA) is 35.5 Å². The van der Waals surface area contributed by atoms with E-state index in [2.05, 4.69) is 30.7 Å². The van der Waals surface area contributed by atoms with Crippen molar-refractivity contribution < 1.29 is 14.3 Å². The summed E-state index contributed by atoms with van der Waals surface area (Å²) in [6.45, 7) is 4.27. The van der Waals surface area contributed by atoms with E-state index in [0.717, 1.165) is 11.3 Å². The zero-order valence-corrected chi connectivity index (χ0v) is 12.7. The second kappa shape index (κ2) is 7.39. The van der Waals surface area contributed by atoms with Crippen LogP contribution in [0.2, 0.25) is 0 Å². The maximum Gasteiger partial charge on any atom is 0.307 e. The van der Waals surface area contributed by atoms with Gasteiger partial charge in [0, 0.05) is 5.38 Å². The number of carbonyl (C=O) groups is 1. The van der Waals surface area contributed by atoms with Crippen molar-refractivity contribution in [3.05, 3.63) is 29.3 Å². The van der Waals surface area contributed by atoms with Gasteiger partial charge in [0.05, 0.1) is 20.6 Å². The fourth-order valence-corrected chi connectivity index (χ4v) is 2.18. The molecule has 1 rings (SSSR count). The van der Waals surface area contributed by atoms with E-state index in [1.54, 1.807) is 7.11 Å². The summed E-state index contributed by atoms with van der Waals surface area (Å²) in [6.07, 6.45) is 0.785. The van der Waals surface area contributed by atoms with Crippen LogP contribution >= 0.6 is 11.6 Å². The van der Waals surface area contributed by atoms with Crippen molar-refractivity contribution in [2.45, 2.75) is 38.0 Å². The van der Waals surface area contributed by atoms with E-state index in [-0.39, 0.29) is 17.8 Å². The van der Waals surface area contributed by atoms with Crippen molar-refractivity contribution in [2.75, 3.05) is 14.2 Å². The molecule has 0 aliphatic rings. The number of benzene rings is 1. The average Bonchev–Trinajstić information content (AvgIpc) is 2.38. The Labute approximate surface area is 119 Å². The number of rotatable bonds is 6. The number of hydrogen-bond acceptors (Lipinski definition) is 3. The van der Waals surface area contributed by atoms with Crippen LogP contribution < -0.4 is 4.74 Å². The fraction of sp³-hybridized carbons (Fsp3) is 0.533. The van der Waals surface area contributed by atoms with Crippen LogP contribution in [0.25, 0.3) is 0 Å². The highest BCUT2D eigenvalue weighted by Gasteiger charge is 2.15. The quantitative estimate of drug-likeness (QED) is 0.592. The number of hydrogen-bond donors (Lipinski definition) is 0. The smallest absolute Gasteiger partial charge is 0.307 e. The third-order valence-corrected chi connectivity index (χ3v) is 3.34. The molecule has 0 saturated heterocycles. The molecule has 0 saturated carbocycles. The number of esters is 1. The number of methoxy groups -OCH3 is 2. The van der Waals surface area contributed by atoms with E-state index in [9.17, 15) is 4.79 Å². The van der Waals surface area contributed by atoms with Crippen LogP contribution in [-0.2, 0) is 16.0 Å². The molecule has 0 spiro atoms. The Morgan fingerprint density at radius 2 is 2.00 bits per heavy atom. The summed E-state index contributed by atoms with van der Waals surface area (Å²) in [4.78, 5) is 11.2. The summed E-state index contributed by atoms with van der Waals surface area (Å²) in [5.74, 6) is 0.956. The molecular formula is C15H21ClO3. The SMILES string of the molecule is COC(=O)CC(Cl)Cc1cc(C(C)C)ccc1OC. The van der Waals surface area contributed by atoms with Crippen LogP contribution in [0.3, 0.4) is 0 Å². The Bertz CT molecular complexity index is 429. The van der Waals surface area contributed by atoms with Crippen molar-refractivity contribution >= 4 is 17.6 Å². The molecule has 0 N–H and O–H groups in total. The molecule has 4 heteroatoms. The predicted octanol–water partition coefficient (Wildman–Crippen LogP) is 3.53. The van der Waals surface area contributed by atoms with E-state index >= 15 is 0 Å². The van der Waals surface area contributed by atoms with E-state index in [1.165, 1.54) is 12.7 Å². The number of ether oxygens (including phenoxy) is 2. The van der Waals surface area contributed by atoms with E-state index in [0.29, 0.717) is 12.3 Å². The van der Waals surface area contributed by atoms with Gasteiger partial charge in [-0.15, -0.1) is 11.6 Å². The van der Waals surface area contributed by atoms with Crippen LogP contribution in [-0.4, -0.2) is 25.6 Å². The molecule has 1 atom stereocenters. The number of alkyl halides is 1. The van der Waals surface area contributed by atoms with Gasteiger partial charge in [-0.2, -0.15) is 0 Å². The monoisotopic (exact) mass is 284 g/mol. The lowest BCUT2D eigenvalue weighted by atomic mass is 9.97. The highest BCUT2D eigenvalue weighted by atomic mass is 35.5. The highest BCUT2D eigenvalue weighted by molar-refractivity contribution is 6.21. The van der Waals surface area contributed by atoms with Crippen LogP contribution in [0.5, 0.6) is 5.75 Å². The van der Waals surface area contributed by atoms with Gasteiger partial charge < -0.3 is 9.47 Å². The minimum Gasteiger partial charge on any atom is -0.496 e. The van der Waals surface area contributed by atoms with Gasteiger partial charge in [-0.25, -0.2) is 0 Å². The molecule has 1 unspecified atom stereocenters. The molecule has 0 heterocycles. The third kappa shape index (κ3) is 4.75. The molecule has 0 aromatic heterocycles. The highest BCUT2D eigenvalue weighted by Crippen LogP contribution is 2.26. The van der Waals surface area contributed by atoms with Gasteiger partial charge in [0.15, 0.2) is 0 Å². The Morgan fingerprint density at radius 1 is 1.32 bits per heavy atom. The van der Waals surface area contributed by atoms with Gasteiger partial charge >= 0.3 is 5.97 Å². The summed E-state index contributed by atoms with van der Waals surface area (Å²) in [7, 11) is 3.00. The lowest BCUT2D eigenvalue weighted by molar-refractivity contribution is -0.140. The van der Waals surface area contributed by atoms with Gasteiger partial charge in [0.1, 0.15) is 5.75 Å². The minimum absolute atomic E-state index is 0.202. The zero-order valence-electron chi connectivity index (χ0n) is 11.9. The molecule has 0 fully saturated rings.